The Balaban J connectivity index is 1.93. The van der Waals surface area contributed by atoms with Gasteiger partial charge in [0, 0.05) is 35.5 Å². The van der Waals surface area contributed by atoms with Gasteiger partial charge in [-0.15, -0.1) is 0 Å². The zero-order chi connectivity index (χ0) is 14.8. The fourth-order valence-electron chi connectivity index (χ4n) is 2.27. The first-order chi connectivity index (χ1) is 10.2. The number of anilines is 2. The van der Waals surface area contributed by atoms with Crippen molar-refractivity contribution in [2.75, 3.05) is 12.4 Å². The summed E-state index contributed by atoms with van der Waals surface area (Å²) in [4.78, 5) is 7.32. The van der Waals surface area contributed by atoms with E-state index in [4.69, 9.17) is 11.6 Å². The van der Waals surface area contributed by atoms with E-state index in [2.05, 4.69) is 54.7 Å². The predicted octanol–water partition coefficient (Wildman–Crippen LogP) is 4.44. The summed E-state index contributed by atoms with van der Waals surface area (Å²) >= 11 is 9.44. The first kappa shape index (κ1) is 14.4. The van der Waals surface area contributed by atoms with Crippen LogP contribution in [0.25, 0.3) is 10.9 Å². The Bertz CT molecular complexity index is 784. The van der Waals surface area contributed by atoms with Crippen molar-refractivity contribution in [3.05, 3.63) is 51.8 Å². The minimum atomic E-state index is 0.442. The van der Waals surface area contributed by atoms with Crippen LogP contribution in [0, 0.1) is 0 Å². The molecule has 0 unspecified atom stereocenters. The molecule has 0 aliphatic rings. The topological polar surface area (TPSA) is 52.7 Å². The second-order valence-electron chi connectivity index (χ2n) is 4.69. The van der Waals surface area contributed by atoms with E-state index < -0.39 is 0 Å². The molecular weight excluding hydrogens is 352 g/mol. The van der Waals surface area contributed by atoms with Gasteiger partial charge in [0.2, 0.25) is 0 Å². The van der Waals surface area contributed by atoms with Gasteiger partial charge in [-0.25, -0.2) is 4.98 Å². The number of hydrogen-bond donors (Lipinski definition) is 3. The van der Waals surface area contributed by atoms with E-state index in [0.717, 1.165) is 27.9 Å². The fraction of sp³-hybridized carbons (Fsp3) is 0.133. The smallest absolute Gasteiger partial charge is 0.145 e. The van der Waals surface area contributed by atoms with Crippen LogP contribution in [0.2, 0.25) is 5.15 Å². The second-order valence-corrected chi connectivity index (χ2v) is 5.84. The summed E-state index contributed by atoms with van der Waals surface area (Å²) in [7, 11) is 1.94. The van der Waals surface area contributed by atoms with E-state index in [0.29, 0.717) is 5.15 Å². The first-order valence-corrected chi connectivity index (χ1v) is 7.68. The normalized spacial score (nSPS) is 11.0. The lowest BCUT2D eigenvalue weighted by Crippen LogP contribution is -2.03. The summed E-state index contributed by atoms with van der Waals surface area (Å²) in [5.74, 6) is 0. The van der Waals surface area contributed by atoms with Crippen LogP contribution in [0.4, 0.5) is 11.4 Å². The number of H-pyrrole nitrogens is 1. The van der Waals surface area contributed by atoms with Gasteiger partial charge in [-0.3, -0.25) is 0 Å². The highest BCUT2D eigenvalue weighted by molar-refractivity contribution is 9.10. The van der Waals surface area contributed by atoms with Gasteiger partial charge in [0.05, 0.1) is 10.2 Å². The number of aromatic amines is 1. The molecule has 6 heteroatoms. The third kappa shape index (κ3) is 2.90. The summed E-state index contributed by atoms with van der Waals surface area (Å²) < 4.78 is 0.758. The van der Waals surface area contributed by atoms with E-state index in [1.165, 1.54) is 10.9 Å². The summed E-state index contributed by atoms with van der Waals surface area (Å²) in [6.45, 7) is 0.846. The van der Waals surface area contributed by atoms with Gasteiger partial charge in [0.1, 0.15) is 5.15 Å². The zero-order valence-corrected chi connectivity index (χ0v) is 13.7. The van der Waals surface area contributed by atoms with Crippen molar-refractivity contribution in [1.82, 2.24) is 15.3 Å². The SMILES string of the molecule is CNCc1c[nH]c2cc(Nc3ccnc(Cl)c3Br)ccc12. The quantitative estimate of drug-likeness (QED) is 0.599. The largest absolute Gasteiger partial charge is 0.361 e. The highest BCUT2D eigenvalue weighted by Crippen LogP contribution is 2.31. The standard InChI is InChI=1S/C15H14BrClN4/c1-18-7-9-8-20-13-6-10(2-3-11(9)13)21-12-4-5-19-15(17)14(12)16/h2-6,8,18,20H,7H2,1H3,(H,19,21). The Morgan fingerprint density at radius 2 is 2.19 bits per heavy atom. The van der Waals surface area contributed by atoms with Crippen molar-refractivity contribution in [2.45, 2.75) is 6.54 Å². The van der Waals surface area contributed by atoms with E-state index in [1.54, 1.807) is 6.20 Å². The molecule has 3 rings (SSSR count). The van der Waals surface area contributed by atoms with Gasteiger partial charge in [-0.05, 0) is 46.7 Å². The minimum absolute atomic E-state index is 0.442. The van der Waals surface area contributed by atoms with E-state index in [9.17, 15) is 0 Å². The van der Waals surface area contributed by atoms with Gasteiger partial charge in [-0.2, -0.15) is 0 Å². The average Bonchev–Trinajstić information content (AvgIpc) is 2.87. The van der Waals surface area contributed by atoms with Crippen molar-refractivity contribution in [1.29, 1.82) is 0 Å². The van der Waals surface area contributed by atoms with Crippen LogP contribution in [0.1, 0.15) is 5.56 Å². The lowest BCUT2D eigenvalue weighted by atomic mass is 10.1. The minimum Gasteiger partial charge on any atom is -0.361 e. The summed E-state index contributed by atoms with van der Waals surface area (Å²) in [5, 5.41) is 8.17. The van der Waals surface area contributed by atoms with Gasteiger partial charge >= 0.3 is 0 Å². The first-order valence-electron chi connectivity index (χ1n) is 6.50. The molecule has 1 aromatic carbocycles. The summed E-state index contributed by atoms with van der Waals surface area (Å²) in [5.41, 5.74) is 4.23. The van der Waals surface area contributed by atoms with Crippen molar-refractivity contribution in [3.8, 4) is 0 Å². The average molecular weight is 366 g/mol. The molecule has 0 atom stereocenters. The molecule has 0 spiro atoms. The molecular formula is C15H14BrClN4. The number of benzene rings is 1. The van der Waals surface area contributed by atoms with Gasteiger partial charge in [0.25, 0.3) is 0 Å². The van der Waals surface area contributed by atoms with Gasteiger partial charge in [-0.1, -0.05) is 17.7 Å². The Morgan fingerprint density at radius 3 is 3.00 bits per heavy atom. The summed E-state index contributed by atoms with van der Waals surface area (Å²) in [6, 6.07) is 8.12. The molecule has 0 radical (unpaired) electrons. The van der Waals surface area contributed by atoms with Crippen molar-refractivity contribution in [2.24, 2.45) is 0 Å². The Kier molecular flexibility index (Phi) is 4.14. The van der Waals surface area contributed by atoms with Crippen molar-refractivity contribution < 1.29 is 0 Å². The number of halogens is 2. The van der Waals surface area contributed by atoms with Crippen molar-refractivity contribution in [3.63, 3.8) is 0 Å². The number of nitrogens with zero attached hydrogens (tertiary/aromatic N) is 1. The van der Waals surface area contributed by atoms with Crippen LogP contribution in [0.5, 0.6) is 0 Å². The van der Waals surface area contributed by atoms with Gasteiger partial charge < -0.3 is 15.6 Å². The molecule has 108 valence electrons. The molecule has 0 aliphatic carbocycles. The highest BCUT2D eigenvalue weighted by atomic mass is 79.9. The van der Waals surface area contributed by atoms with E-state index in [-0.39, 0.29) is 0 Å². The Labute approximate surface area is 136 Å². The van der Waals surface area contributed by atoms with Gasteiger partial charge in [0.15, 0.2) is 0 Å². The number of nitrogens with one attached hydrogen (secondary N) is 3. The number of aromatic nitrogens is 2. The molecule has 0 fully saturated rings. The van der Waals surface area contributed by atoms with Crippen molar-refractivity contribution >= 4 is 49.8 Å². The molecule has 21 heavy (non-hydrogen) atoms. The lowest BCUT2D eigenvalue weighted by Gasteiger charge is -2.09. The van der Waals surface area contributed by atoms with Crippen LogP contribution >= 0.6 is 27.5 Å². The number of fused-ring (bicyclic) bond motifs is 1. The fourth-order valence-corrected chi connectivity index (χ4v) is 2.76. The van der Waals surface area contributed by atoms with Crippen LogP contribution < -0.4 is 10.6 Å². The molecule has 3 aromatic rings. The maximum atomic E-state index is 6.00. The molecule has 3 N–H and O–H groups in total. The lowest BCUT2D eigenvalue weighted by molar-refractivity contribution is 0.823. The third-order valence-electron chi connectivity index (χ3n) is 3.26. The van der Waals surface area contributed by atoms with Crippen LogP contribution in [-0.4, -0.2) is 17.0 Å². The highest BCUT2D eigenvalue weighted by Gasteiger charge is 2.07. The molecule has 2 heterocycles. The molecule has 2 aromatic heterocycles. The van der Waals surface area contributed by atoms with Crippen LogP contribution in [-0.2, 0) is 6.54 Å². The zero-order valence-electron chi connectivity index (χ0n) is 11.4. The third-order valence-corrected chi connectivity index (χ3v) is 4.58. The molecule has 0 saturated carbocycles. The molecule has 0 bridgehead atoms. The van der Waals surface area contributed by atoms with Crippen LogP contribution in [0.15, 0.2) is 41.1 Å². The number of hydrogen-bond acceptors (Lipinski definition) is 3. The van der Waals surface area contributed by atoms with E-state index in [1.807, 2.05) is 19.3 Å². The second kappa shape index (κ2) is 6.05. The predicted molar refractivity (Wildman–Crippen MR) is 91.3 cm³/mol. The summed E-state index contributed by atoms with van der Waals surface area (Å²) in [6.07, 6.45) is 3.71. The maximum absolute atomic E-state index is 6.00. The molecule has 4 nitrogen and oxygen atoms in total. The molecule has 0 aliphatic heterocycles. The molecule has 0 saturated heterocycles. The number of pyridine rings is 1. The number of rotatable bonds is 4. The van der Waals surface area contributed by atoms with Crippen LogP contribution in [0.3, 0.4) is 0 Å². The maximum Gasteiger partial charge on any atom is 0.145 e. The van der Waals surface area contributed by atoms with E-state index >= 15 is 0 Å². The Hall–Kier alpha value is -1.56. The monoisotopic (exact) mass is 364 g/mol. The molecule has 0 amide bonds. The Morgan fingerprint density at radius 1 is 1.33 bits per heavy atom.